The van der Waals surface area contributed by atoms with E-state index < -0.39 is 0 Å². The molecule has 1 aromatic carbocycles. The Labute approximate surface area is 116 Å². The van der Waals surface area contributed by atoms with Gasteiger partial charge in [0.15, 0.2) is 5.78 Å². The molecule has 0 atom stereocenters. The van der Waals surface area contributed by atoms with Crippen molar-refractivity contribution in [2.24, 2.45) is 0 Å². The Morgan fingerprint density at radius 2 is 1.85 bits per heavy atom. The van der Waals surface area contributed by atoms with E-state index in [0.29, 0.717) is 12.3 Å². The number of nitrogens with zero attached hydrogens (tertiary/aromatic N) is 1. The standard InChI is InChI=1S/C16H13NO3/c18-13-8-9-17(16(19)10-13)11-14-6-7-15(20-14)12-4-2-1-3-5-12/h1-9H,10-11H2. The normalized spacial score (nSPS) is 14.9. The monoisotopic (exact) mass is 267 g/mol. The summed E-state index contributed by atoms with van der Waals surface area (Å²) in [6, 6.07) is 13.5. The second kappa shape index (κ2) is 5.17. The number of furan rings is 1. The molecule has 0 radical (unpaired) electrons. The first-order valence-corrected chi connectivity index (χ1v) is 6.37. The van der Waals surface area contributed by atoms with Gasteiger partial charge in [-0.15, -0.1) is 0 Å². The van der Waals surface area contributed by atoms with Gasteiger partial charge in [0.05, 0.1) is 13.0 Å². The Hall–Kier alpha value is -2.62. The van der Waals surface area contributed by atoms with Gasteiger partial charge in [-0.05, 0) is 18.2 Å². The molecule has 4 heteroatoms. The lowest BCUT2D eigenvalue weighted by molar-refractivity contribution is -0.133. The van der Waals surface area contributed by atoms with Gasteiger partial charge in [0.2, 0.25) is 5.91 Å². The van der Waals surface area contributed by atoms with E-state index in [1.165, 1.54) is 17.2 Å². The van der Waals surface area contributed by atoms with Gasteiger partial charge in [-0.1, -0.05) is 30.3 Å². The zero-order valence-electron chi connectivity index (χ0n) is 10.8. The summed E-state index contributed by atoms with van der Waals surface area (Å²) in [6.45, 7) is 0.343. The van der Waals surface area contributed by atoms with Gasteiger partial charge >= 0.3 is 0 Å². The maximum atomic E-state index is 11.7. The van der Waals surface area contributed by atoms with Gasteiger partial charge in [-0.2, -0.15) is 0 Å². The Kier molecular flexibility index (Phi) is 3.21. The Bertz CT molecular complexity index is 670. The summed E-state index contributed by atoms with van der Waals surface area (Å²) in [5.74, 6) is 1.10. The quantitative estimate of drug-likeness (QED) is 0.803. The average molecular weight is 267 g/mol. The number of hydrogen-bond acceptors (Lipinski definition) is 3. The number of hydrogen-bond donors (Lipinski definition) is 0. The highest BCUT2D eigenvalue weighted by Crippen LogP contribution is 2.23. The molecule has 3 rings (SSSR count). The summed E-state index contributed by atoms with van der Waals surface area (Å²) in [7, 11) is 0. The molecular weight excluding hydrogens is 254 g/mol. The number of allylic oxidation sites excluding steroid dienone is 1. The predicted octanol–water partition coefficient (Wildman–Crippen LogP) is 2.76. The summed E-state index contributed by atoms with van der Waals surface area (Å²) in [5.41, 5.74) is 0.995. The average Bonchev–Trinajstić information content (AvgIpc) is 2.92. The highest BCUT2D eigenvalue weighted by atomic mass is 16.3. The maximum Gasteiger partial charge on any atom is 0.234 e. The summed E-state index contributed by atoms with van der Waals surface area (Å²) in [5, 5.41) is 0. The highest BCUT2D eigenvalue weighted by molar-refractivity contribution is 6.06. The molecule has 0 spiro atoms. The third kappa shape index (κ3) is 2.54. The van der Waals surface area contributed by atoms with Crippen molar-refractivity contribution in [3.63, 3.8) is 0 Å². The third-order valence-corrected chi connectivity index (χ3v) is 3.13. The van der Waals surface area contributed by atoms with Crippen molar-refractivity contribution in [2.45, 2.75) is 13.0 Å². The first-order valence-electron chi connectivity index (χ1n) is 6.37. The lowest BCUT2D eigenvalue weighted by atomic mass is 10.2. The predicted molar refractivity (Wildman–Crippen MR) is 73.5 cm³/mol. The zero-order valence-corrected chi connectivity index (χ0v) is 10.8. The molecule has 0 saturated carbocycles. The van der Waals surface area contributed by atoms with Crippen LogP contribution in [0.3, 0.4) is 0 Å². The lowest BCUT2D eigenvalue weighted by Crippen LogP contribution is -2.30. The Morgan fingerprint density at radius 3 is 2.60 bits per heavy atom. The number of rotatable bonds is 3. The molecule has 0 fully saturated rings. The minimum atomic E-state index is -0.199. The second-order valence-electron chi connectivity index (χ2n) is 4.61. The van der Waals surface area contributed by atoms with Crippen LogP contribution in [0, 0.1) is 0 Å². The highest BCUT2D eigenvalue weighted by Gasteiger charge is 2.20. The van der Waals surface area contributed by atoms with Crippen molar-refractivity contribution >= 4 is 11.7 Å². The van der Waals surface area contributed by atoms with Crippen LogP contribution in [0.2, 0.25) is 0 Å². The molecular formula is C16H13NO3. The first-order chi connectivity index (χ1) is 9.72. The van der Waals surface area contributed by atoms with E-state index in [2.05, 4.69) is 0 Å². The van der Waals surface area contributed by atoms with Gasteiger partial charge < -0.3 is 9.32 Å². The van der Waals surface area contributed by atoms with Crippen LogP contribution in [0.1, 0.15) is 12.2 Å². The molecule has 0 bridgehead atoms. The van der Waals surface area contributed by atoms with E-state index in [1.54, 1.807) is 0 Å². The van der Waals surface area contributed by atoms with Gasteiger partial charge in [-0.3, -0.25) is 9.59 Å². The van der Waals surface area contributed by atoms with Gasteiger partial charge in [-0.25, -0.2) is 0 Å². The van der Waals surface area contributed by atoms with Crippen molar-refractivity contribution in [1.82, 2.24) is 4.90 Å². The van der Waals surface area contributed by atoms with Crippen LogP contribution in [-0.2, 0) is 16.1 Å². The van der Waals surface area contributed by atoms with Crippen LogP contribution in [-0.4, -0.2) is 16.6 Å². The number of amides is 1. The number of benzene rings is 1. The van der Waals surface area contributed by atoms with Crippen molar-refractivity contribution in [3.8, 4) is 11.3 Å². The second-order valence-corrected chi connectivity index (χ2v) is 4.61. The van der Waals surface area contributed by atoms with E-state index in [1.807, 2.05) is 42.5 Å². The molecule has 20 heavy (non-hydrogen) atoms. The topological polar surface area (TPSA) is 50.5 Å². The van der Waals surface area contributed by atoms with Gasteiger partial charge in [0.25, 0.3) is 0 Å². The largest absolute Gasteiger partial charge is 0.459 e. The molecule has 4 nitrogen and oxygen atoms in total. The third-order valence-electron chi connectivity index (χ3n) is 3.13. The molecule has 1 aromatic heterocycles. The number of ketones is 1. The molecule has 2 heterocycles. The zero-order chi connectivity index (χ0) is 13.9. The summed E-state index contributed by atoms with van der Waals surface area (Å²) in [4.78, 5) is 24.3. The van der Waals surface area contributed by atoms with E-state index in [4.69, 9.17) is 4.42 Å². The molecule has 100 valence electrons. The van der Waals surface area contributed by atoms with E-state index in [0.717, 1.165) is 11.3 Å². The maximum absolute atomic E-state index is 11.7. The van der Waals surface area contributed by atoms with Crippen LogP contribution in [0.5, 0.6) is 0 Å². The lowest BCUT2D eigenvalue weighted by Gasteiger charge is -2.19. The molecule has 0 aliphatic carbocycles. The molecule has 0 N–H and O–H groups in total. The molecule has 2 aromatic rings. The SMILES string of the molecule is O=C1C=CN(Cc2ccc(-c3ccccc3)o2)C(=O)C1. The fourth-order valence-corrected chi connectivity index (χ4v) is 2.09. The molecule has 0 saturated heterocycles. The fourth-order valence-electron chi connectivity index (χ4n) is 2.09. The van der Waals surface area contributed by atoms with E-state index in [-0.39, 0.29) is 18.1 Å². The van der Waals surface area contributed by atoms with Crippen LogP contribution >= 0.6 is 0 Å². The van der Waals surface area contributed by atoms with Crippen LogP contribution < -0.4 is 0 Å². The minimum Gasteiger partial charge on any atom is -0.459 e. The van der Waals surface area contributed by atoms with Crippen molar-refractivity contribution in [3.05, 3.63) is 60.5 Å². The van der Waals surface area contributed by atoms with Crippen LogP contribution in [0.4, 0.5) is 0 Å². The van der Waals surface area contributed by atoms with E-state index in [9.17, 15) is 9.59 Å². The molecule has 0 unspecified atom stereocenters. The Morgan fingerprint density at radius 1 is 1.05 bits per heavy atom. The molecule has 1 aliphatic rings. The number of carbonyl (C=O) groups excluding carboxylic acids is 2. The van der Waals surface area contributed by atoms with E-state index >= 15 is 0 Å². The molecule has 1 aliphatic heterocycles. The van der Waals surface area contributed by atoms with Gasteiger partial charge in [0, 0.05) is 11.8 Å². The van der Waals surface area contributed by atoms with Crippen molar-refractivity contribution < 1.29 is 14.0 Å². The minimum absolute atomic E-state index is 0.0667. The van der Waals surface area contributed by atoms with Crippen molar-refractivity contribution in [1.29, 1.82) is 0 Å². The number of carbonyl (C=O) groups is 2. The fraction of sp³-hybridized carbons (Fsp3) is 0.125. The first kappa shape index (κ1) is 12.4. The van der Waals surface area contributed by atoms with Crippen LogP contribution in [0.15, 0.2) is 59.2 Å². The summed E-state index contributed by atoms with van der Waals surface area (Å²) < 4.78 is 5.73. The Balaban J connectivity index is 1.77. The van der Waals surface area contributed by atoms with Crippen molar-refractivity contribution in [2.75, 3.05) is 0 Å². The summed E-state index contributed by atoms with van der Waals surface area (Å²) in [6.07, 6.45) is 2.87. The summed E-state index contributed by atoms with van der Waals surface area (Å²) >= 11 is 0. The van der Waals surface area contributed by atoms with Gasteiger partial charge in [0.1, 0.15) is 11.5 Å². The van der Waals surface area contributed by atoms with Crippen LogP contribution in [0.25, 0.3) is 11.3 Å². The molecule has 1 amide bonds. The smallest absolute Gasteiger partial charge is 0.234 e.